The van der Waals surface area contributed by atoms with Gasteiger partial charge >= 0.3 is 0 Å². The van der Waals surface area contributed by atoms with Gasteiger partial charge in [0.1, 0.15) is 12.0 Å². The Kier molecular flexibility index (Phi) is 5.88. The van der Waals surface area contributed by atoms with Crippen LogP contribution in [0.15, 0.2) is 12.1 Å². The van der Waals surface area contributed by atoms with Gasteiger partial charge < -0.3 is 20.0 Å². The molecule has 1 amide bonds. The standard InChI is InChI=1S/C17H23FN2O4/c1-11-9-12(10-15(19-11)24-2)16(23)20-13-3-6-17(18,7-4-13)14(22)5-8-21/h8-10,13-14,22H,3-7H2,1-2H3,(H,20,23)/t13-,14?,17-. The Bertz CT molecular complexity index is 600. The maximum atomic E-state index is 14.6. The lowest BCUT2D eigenvalue weighted by molar-refractivity contribution is -0.113. The molecule has 7 heteroatoms. The van der Waals surface area contributed by atoms with Gasteiger partial charge in [-0.25, -0.2) is 9.37 Å². The number of halogens is 1. The van der Waals surface area contributed by atoms with E-state index >= 15 is 0 Å². The highest BCUT2D eigenvalue weighted by Gasteiger charge is 2.41. The molecule has 1 aromatic rings. The van der Waals surface area contributed by atoms with Crippen LogP contribution < -0.4 is 10.1 Å². The molecule has 1 unspecified atom stereocenters. The van der Waals surface area contributed by atoms with Crippen molar-refractivity contribution >= 4 is 12.2 Å². The normalized spacial score (nSPS) is 24.9. The van der Waals surface area contributed by atoms with E-state index in [4.69, 9.17) is 4.74 Å². The zero-order valence-electron chi connectivity index (χ0n) is 13.9. The summed E-state index contributed by atoms with van der Waals surface area (Å²) >= 11 is 0. The molecular weight excluding hydrogens is 315 g/mol. The number of methoxy groups -OCH3 is 1. The van der Waals surface area contributed by atoms with Crippen LogP contribution in [0.5, 0.6) is 5.88 Å². The number of hydrogen-bond donors (Lipinski definition) is 2. The number of nitrogens with zero attached hydrogens (tertiary/aromatic N) is 1. The molecule has 24 heavy (non-hydrogen) atoms. The zero-order valence-corrected chi connectivity index (χ0v) is 13.9. The molecule has 0 aromatic carbocycles. The predicted octanol–water partition coefficient (Wildman–Crippen LogP) is 1.73. The summed E-state index contributed by atoms with van der Waals surface area (Å²) in [6, 6.07) is 3.05. The molecule has 1 heterocycles. The molecule has 6 nitrogen and oxygen atoms in total. The number of ether oxygens (including phenoxy) is 1. The minimum atomic E-state index is -1.75. The second-order valence-electron chi connectivity index (χ2n) is 6.24. The molecule has 0 spiro atoms. The number of carbonyl (C=O) groups is 2. The molecular formula is C17H23FN2O4. The number of carbonyl (C=O) groups excluding carboxylic acids is 2. The van der Waals surface area contributed by atoms with Crippen molar-refractivity contribution in [1.82, 2.24) is 10.3 Å². The molecule has 0 bridgehead atoms. The molecule has 1 aliphatic carbocycles. The van der Waals surface area contributed by atoms with Crippen molar-refractivity contribution in [3.63, 3.8) is 0 Å². The summed E-state index contributed by atoms with van der Waals surface area (Å²) in [5.74, 6) is 0.104. The first-order chi connectivity index (χ1) is 11.4. The molecule has 1 aliphatic rings. The van der Waals surface area contributed by atoms with Gasteiger partial charge in [0.2, 0.25) is 5.88 Å². The number of pyridine rings is 1. The average molecular weight is 338 g/mol. The van der Waals surface area contributed by atoms with Crippen molar-refractivity contribution in [2.45, 2.75) is 56.8 Å². The van der Waals surface area contributed by atoms with Gasteiger partial charge in [-0.05, 0) is 38.7 Å². The summed E-state index contributed by atoms with van der Waals surface area (Å²) in [4.78, 5) is 26.9. The van der Waals surface area contributed by atoms with Crippen molar-refractivity contribution in [1.29, 1.82) is 0 Å². The maximum absolute atomic E-state index is 14.6. The lowest BCUT2D eigenvalue weighted by atomic mass is 9.79. The van der Waals surface area contributed by atoms with Crippen LogP contribution in [0.2, 0.25) is 0 Å². The zero-order chi connectivity index (χ0) is 17.7. The fourth-order valence-electron chi connectivity index (χ4n) is 3.02. The Morgan fingerprint density at radius 3 is 2.79 bits per heavy atom. The number of aldehydes is 1. The Hall–Kier alpha value is -2.02. The number of aliphatic hydroxyl groups is 1. The van der Waals surface area contributed by atoms with Crippen molar-refractivity contribution in [3.05, 3.63) is 23.4 Å². The van der Waals surface area contributed by atoms with E-state index in [1.165, 1.54) is 7.11 Å². The van der Waals surface area contributed by atoms with Gasteiger partial charge in [0.05, 0.1) is 13.2 Å². The van der Waals surface area contributed by atoms with E-state index < -0.39 is 11.8 Å². The van der Waals surface area contributed by atoms with Crippen LogP contribution >= 0.6 is 0 Å². The van der Waals surface area contributed by atoms with Crippen LogP contribution in [0.3, 0.4) is 0 Å². The summed E-state index contributed by atoms with van der Waals surface area (Å²) in [6.07, 6.45) is 0.109. The topological polar surface area (TPSA) is 88.5 Å². The van der Waals surface area contributed by atoms with Crippen LogP contribution in [0.25, 0.3) is 0 Å². The molecule has 1 saturated carbocycles. The van der Waals surface area contributed by atoms with E-state index in [0.29, 0.717) is 36.3 Å². The summed E-state index contributed by atoms with van der Waals surface area (Å²) in [5, 5.41) is 12.6. The summed E-state index contributed by atoms with van der Waals surface area (Å²) < 4.78 is 19.6. The van der Waals surface area contributed by atoms with Crippen molar-refractivity contribution in [2.24, 2.45) is 0 Å². The molecule has 1 fully saturated rings. The Morgan fingerprint density at radius 1 is 1.54 bits per heavy atom. The van der Waals surface area contributed by atoms with Crippen LogP contribution in [0.1, 0.15) is 48.2 Å². The average Bonchev–Trinajstić information content (AvgIpc) is 2.56. The van der Waals surface area contributed by atoms with Crippen molar-refractivity contribution < 1.29 is 23.8 Å². The van der Waals surface area contributed by atoms with E-state index in [0.717, 1.165) is 0 Å². The van der Waals surface area contributed by atoms with Crippen molar-refractivity contribution in [2.75, 3.05) is 7.11 Å². The molecule has 1 atom stereocenters. The lowest BCUT2D eigenvalue weighted by Gasteiger charge is -2.36. The van der Waals surface area contributed by atoms with E-state index in [9.17, 15) is 19.1 Å². The second kappa shape index (κ2) is 7.70. The largest absolute Gasteiger partial charge is 0.481 e. The third kappa shape index (κ3) is 4.29. The van der Waals surface area contributed by atoms with Gasteiger partial charge in [0.25, 0.3) is 5.91 Å². The van der Waals surface area contributed by atoms with Gasteiger partial charge in [0.15, 0.2) is 0 Å². The molecule has 132 valence electrons. The molecule has 0 aliphatic heterocycles. The van der Waals surface area contributed by atoms with E-state index in [1.54, 1.807) is 19.1 Å². The summed E-state index contributed by atoms with van der Waals surface area (Å²) in [7, 11) is 1.48. The molecule has 2 rings (SSSR count). The fraction of sp³-hybridized carbons (Fsp3) is 0.588. The SMILES string of the molecule is COc1cc(C(=O)N[C@H]2CC[C@@](F)(C(O)CC=O)CC2)cc(C)n1. The van der Waals surface area contributed by atoms with Gasteiger partial charge in [-0.15, -0.1) is 0 Å². The summed E-state index contributed by atoms with van der Waals surface area (Å²) in [5.41, 5.74) is -0.640. The second-order valence-corrected chi connectivity index (χ2v) is 6.24. The van der Waals surface area contributed by atoms with Gasteiger partial charge in [-0.1, -0.05) is 0 Å². The molecule has 1 aromatic heterocycles. The highest BCUT2D eigenvalue weighted by atomic mass is 19.1. The van der Waals surface area contributed by atoms with Gasteiger partial charge in [0, 0.05) is 29.8 Å². The fourth-order valence-corrected chi connectivity index (χ4v) is 3.02. The number of rotatable bonds is 6. The van der Waals surface area contributed by atoms with E-state index in [2.05, 4.69) is 10.3 Å². The molecule has 0 radical (unpaired) electrons. The minimum Gasteiger partial charge on any atom is -0.481 e. The number of hydrogen-bond acceptors (Lipinski definition) is 5. The Balaban J connectivity index is 1.95. The number of nitrogens with one attached hydrogen (secondary N) is 1. The first-order valence-corrected chi connectivity index (χ1v) is 8.02. The van der Waals surface area contributed by atoms with Crippen LogP contribution in [0.4, 0.5) is 4.39 Å². The van der Waals surface area contributed by atoms with Crippen LogP contribution in [-0.4, -0.2) is 47.2 Å². The lowest BCUT2D eigenvalue weighted by Crippen LogP contribution is -2.47. The highest BCUT2D eigenvalue weighted by Crippen LogP contribution is 2.36. The number of aliphatic hydroxyl groups excluding tert-OH is 1. The van der Waals surface area contributed by atoms with Crippen LogP contribution in [0, 0.1) is 6.92 Å². The number of alkyl halides is 1. The third-order valence-corrected chi connectivity index (χ3v) is 4.47. The monoisotopic (exact) mass is 338 g/mol. The van der Waals surface area contributed by atoms with Gasteiger partial charge in [-0.3, -0.25) is 4.79 Å². The van der Waals surface area contributed by atoms with Crippen LogP contribution in [-0.2, 0) is 4.79 Å². The first kappa shape index (κ1) is 18.3. The van der Waals surface area contributed by atoms with E-state index in [-0.39, 0.29) is 31.2 Å². The Labute approximate surface area is 140 Å². The maximum Gasteiger partial charge on any atom is 0.251 e. The number of amides is 1. The smallest absolute Gasteiger partial charge is 0.251 e. The van der Waals surface area contributed by atoms with Gasteiger partial charge in [-0.2, -0.15) is 0 Å². The molecule has 0 saturated heterocycles. The van der Waals surface area contributed by atoms with E-state index in [1.807, 2.05) is 0 Å². The minimum absolute atomic E-state index is 0.117. The highest BCUT2D eigenvalue weighted by molar-refractivity contribution is 5.94. The quantitative estimate of drug-likeness (QED) is 0.771. The predicted molar refractivity (Wildman–Crippen MR) is 85.8 cm³/mol. The number of aryl methyl sites for hydroxylation is 1. The number of aromatic nitrogens is 1. The van der Waals surface area contributed by atoms with Crippen molar-refractivity contribution in [3.8, 4) is 5.88 Å². The molecule has 2 N–H and O–H groups in total. The summed E-state index contributed by atoms with van der Waals surface area (Å²) in [6.45, 7) is 1.77. The first-order valence-electron chi connectivity index (χ1n) is 8.02. The Morgan fingerprint density at radius 2 is 2.21 bits per heavy atom. The third-order valence-electron chi connectivity index (χ3n) is 4.47.